The molecule has 0 spiro atoms. The number of halogens is 1. The number of amides is 1. The van der Waals surface area contributed by atoms with Crippen molar-refractivity contribution < 1.29 is 13.9 Å². The summed E-state index contributed by atoms with van der Waals surface area (Å²) < 4.78 is 19.1. The summed E-state index contributed by atoms with van der Waals surface area (Å²) in [7, 11) is 4.10. The van der Waals surface area contributed by atoms with Crippen LogP contribution in [-0.4, -0.2) is 73.5 Å². The van der Waals surface area contributed by atoms with E-state index in [1.54, 1.807) is 12.1 Å². The summed E-state index contributed by atoms with van der Waals surface area (Å²) in [5, 5.41) is 0. The second-order valence-corrected chi connectivity index (χ2v) is 9.24. The van der Waals surface area contributed by atoms with Crippen molar-refractivity contribution in [3.05, 3.63) is 65.0 Å². The van der Waals surface area contributed by atoms with E-state index in [1.807, 2.05) is 19.0 Å². The molecule has 0 aromatic heterocycles. The summed E-state index contributed by atoms with van der Waals surface area (Å²) in [6.45, 7) is 5.23. The molecule has 0 radical (unpaired) electrons. The quantitative estimate of drug-likeness (QED) is 0.657. The highest BCUT2D eigenvalue weighted by molar-refractivity contribution is 5.96. The number of piperidine rings is 1. The number of ether oxygens (including phenoxy) is 1. The van der Waals surface area contributed by atoms with Gasteiger partial charge in [-0.3, -0.25) is 4.79 Å². The third kappa shape index (κ3) is 5.87. The Morgan fingerprint density at radius 1 is 1.03 bits per heavy atom. The van der Waals surface area contributed by atoms with E-state index < -0.39 is 0 Å². The van der Waals surface area contributed by atoms with Gasteiger partial charge in [0.05, 0.1) is 0 Å². The minimum atomic E-state index is -0.244. The molecule has 6 heteroatoms. The van der Waals surface area contributed by atoms with Gasteiger partial charge in [0, 0.05) is 44.8 Å². The first-order valence-electron chi connectivity index (χ1n) is 11.7. The number of carbonyl (C=O) groups excluding carboxylic acids is 1. The van der Waals surface area contributed by atoms with E-state index in [9.17, 15) is 9.18 Å². The number of rotatable bonds is 7. The molecule has 2 aromatic carbocycles. The number of hydrogen-bond acceptors (Lipinski definition) is 4. The normalized spacial score (nSPS) is 18.0. The molecule has 0 bridgehead atoms. The highest BCUT2D eigenvalue weighted by Crippen LogP contribution is 2.22. The molecule has 2 aliphatic heterocycles. The Kier molecular flexibility index (Phi) is 7.43. The lowest BCUT2D eigenvalue weighted by Gasteiger charge is -2.33. The molecule has 0 saturated carbocycles. The first-order chi connectivity index (χ1) is 15.5. The van der Waals surface area contributed by atoms with Gasteiger partial charge < -0.3 is 19.4 Å². The van der Waals surface area contributed by atoms with Gasteiger partial charge in [0.2, 0.25) is 0 Å². The highest BCUT2D eigenvalue weighted by Gasteiger charge is 2.25. The van der Waals surface area contributed by atoms with Crippen LogP contribution in [0.3, 0.4) is 0 Å². The molecule has 0 N–H and O–H groups in total. The molecule has 0 unspecified atom stereocenters. The van der Waals surface area contributed by atoms with Crippen molar-refractivity contribution in [2.24, 2.45) is 0 Å². The smallest absolute Gasteiger partial charge is 0.254 e. The lowest BCUT2D eigenvalue weighted by Crippen LogP contribution is -2.43. The Labute approximate surface area is 190 Å². The number of likely N-dealkylation sites (tertiary alicyclic amines) is 1. The minimum Gasteiger partial charge on any atom is -0.490 e. The average Bonchev–Trinajstić information content (AvgIpc) is 2.93. The maximum absolute atomic E-state index is 13.3. The zero-order valence-electron chi connectivity index (χ0n) is 19.2. The molecule has 0 atom stereocenters. The summed E-state index contributed by atoms with van der Waals surface area (Å²) in [4.78, 5) is 19.9. The number of carbonyl (C=O) groups is 1. The predicted molar refractivity (Wildman–Crippen MR) is 125 cm³/mol. The molecule has 172 valence electrons. The molecule has 1 saturated heterocycles. The van der Waals surface area contributed by atoms with Gasteiger partial charge in [-0.2, -0.15) is 0 Å². The van der Waals surface area contributed by atoms with Crippen LogP contribution in [0.25, 0.3) is 0 Å². The molecule has 32 heavy (non-hydrogen) atoms. The fourth-order valence-corrected chi connectivity index (χ4v) is 4.67. The number of benzene rings is 2. The van der Waals surface area contributed by atoms with Crippen molar-refractivity contribution in [3.8, 4) is 5.75 Å². The van der Waals surface area contributed by atoms with Gasteiger partial charge in [-0.25, -0.2) is 4.39 Å². The topological polar surface area (TPSA) is 36.0 Å². The second-order valence-electron chi connectivity index (χ2n) is 9.24. The maximum Gasteiger partial charge on any atom is 0.254 e. The fourth-order valence-electron chi connectivity index (χ4n) is 4.67. The van der Waals surface area contributed by atoms with E-state index in [2.05, 4.69) is 28.0 Å². The molecular formula is C26H34FN3O2. The van der Waals surface area contributed by atoms with Crippen molar-refractivity contribution in [3.63, 3.8) is 0 Å². The van der Waals surface area contributed by atoms with E-state index in [-0.39, 0.29) is 17.8 Å². The average molecular weight is 440 g/mol. The summed E-state index contributed by atoms with van der Waals surface area (Å²) in [6.07, 6.45) is 4.04. The Bertz CT molecular complexity index is 908. The predicted octanol–water partition coefficient (Wildman–Crippen LogP) is 3.82. The Balaban J connectivity index is 1.28. The first kappa shape index (κ1) is 22.7. The molecular weight excluding hydrogens is 405 g/mol. The maximum atomic E-state index is 13.3. The number of aryl methyl sites for hydroxylation is 1. The Morgan fingerprint density at radius 2 is 1.78 bits per heavy atom. The van der Waals surface area contributed by atoms with Crippen LogP contribution in [0.1, 0.15) is 40.7 Å². The standard InChI is InChI=1S/C26H34FN3O2/c1-28(2)19-20-5-6-21-4-3-13-30(26(31)25(21)18-20)17-16-29-14-11-24(12-15-29)32-23-9-7-22(27)8-10-23/h5-10,18,24H,3-4,11-17,19H2,1-2H3. The van der Waals surface area contributed by atoms with E-state index in [0.29, 0.717) is 0 Å². The van der Waals surface area contributed by atoms with E-state index in [0.717, 1.165) is 76.3 Å². The monoisotopic (exact) mass is 439 g/mol. The van der Waals surface area contributed by atoms with Crippen LogP contribution in [0.4, 0.5) is 4.39 Å². The van der Waals surface area contributed by atoms with Crippen molar-refractivity contribution >= 4 is 5.91 Å². The lowest BCUT2D eigenvalue weighted by molar-refractivity contribution is 0.0686. The van der Waals surface area contributed by atoms with Gasteiger partial charge in [-0.1, -0.05) is 12.1 Å². The van der Waals surface area contributed by atoms with E-state index in [1.165, 1.54) is 23.3 Å². The molecule has 0 aliphatic carbocycles. The SMILES string of the molecule is CN(C)Cc1ccc2c(c1)C(=O)N(CCN1CCC(Oc3ccc(F)cc3)CC1)CCC2. The van der Waals surface area contributed by atoms with Gasteiger partial charge in [0.15, 0.2) is 0 Å². The first-order valence-corrected chi connectivity index (χ1v) is 11.7. The zero-order chi connectivity index (χ0) is 22.5. The molecule has 1 fully saturated rings. The van der Waals surface area contributed by atoms with Crippen LogP contribution in [0, 0.1) is 5.82 Å². The Morgan fingerprint density at radius 3 is 2.50 bits per heavy atom. The van der Waals surface area contributed by atoms with Crippen LogP contribution < -0.4 is 4.74 Å². The third-order valence-corrected chi connectivity index (χ3v) is 6.40. The van der Waals surface area contributed by atoms with Crippen molar-refractivity contribution in [2.75, 3.05) is 46.8 Å². The van der Waals surface area contributed by atoms with Gasteiger partial charge in [-0.05, 0) is 81.2 Å². The highest BCUT2D eigenvalue weighted by atomic mass is 19.1. The third-order valence-electron chi connectivity index (χ3n) is 6.40. The summed E-state index contributed by atoms with van der Waals surface area (Å²) in [5.41, 5.74) is 3.25. The molecule has 2 aliphatic rings. The van der Waals surface area contributed by atoms with Gasteiger partial charge >= 0.3 is 0 Å². The van der Waals surface area contributed by atoms with Crippen molar-refractivity contribution in [2.45, 2.75) is 38.3 Å². The molecule has 4 rings (SSSR count). The summed E-state index contributed by atoms with van der Waals surface area (Å²) in [6, 6.07) is 12.6. The lowest BCUT2D eigenvalue weighted by atomic mass is 10.0. The zero-order valence-corrected chi connectivity index (χ0v) is 19.2. The van der Waals surface area contributed by atoms with E-state index in [4.69, 9.17) is 4.74 Å². The van der Waals surface area contributed by atoms with Crippen LogP contribution in [0.15, 0.2) is 42.5 Å². The van der Waals surface area contributed by atoms with E-state index >= 15 is 0 Å². The van der Waals surface area contributed by atoms with Crippen LogP contribution >= 0.6 is 0 Å². The number of hydrogen-bond donors (Lipinski definition) is 0. The second kappa shape index (κ2) is 10.5. The van der Waals surface area contributed by atoms with Gasteiger partial charge in [0.25, 0.3) is 5.91 Å². The molecule has 5 nitrogen and oxygen atoms in total. The van der Waals surface area contributed by atoms with Crippen molar-refractivity contribution in [1.82, 2.24) is 14.7 Å². The molecule has 2 heterocycles. The fraction of sp³-hybridized carbons (Fsp3) is 0.500. The van der Waals surface area contributed by atoms with Crippen LogP contribution in [-0.2, 0) is 13.0 Å². The summed E-state index contributed by atoms with van der Waals surface area (Å²) >= 11 is 0. The minimum absolute atomic E-state index is 0.165. The molecule has 1 amide bonds. The van der Waals surface area contributed by atoms with Crippen LogP contribution in [0.5, 0.6) is 5.75 Å². The number of fused-ring (bicyclic) bond motifs is 1. The van der Waals surface area contributed by atoms with Crippen molar-refractivity contribution in [1.29, 1.82) is 0 Å². The van der Waals surface area contributed by atoms with Gasteiger partial charge in [0.1, 0.15) is 17.7 Å². The summed E-state index contributed by atoms with van der Waals surface area (Å²) in [5.74, 6) is 0.659. The van der Waals surface area contributed by atoms with Gasteiger partial charge in [-0.15, -0.1) is 0 Å². The molecule has 2 aromatic rings. The largest absolute Gasteiger partial charge is 0.490 e. The number of nitrogens with zero attached hydrogens (tertiary/aromatic N) is 3. The Hall–Kier alpha value is -2.44. The van der Waals surface area contributed by atoms with Crippen LogP contribution in [0.2, 0.25) is 0 Å².